The Morgan fingerprint density at radius 3 is 2.36 bits per heavy atom. The van der Waals surface area contributed by atoms with Gasteiger partial charge in [-0.15, -0.1) is 5.10 Å². The fourth-order valence-electron chi connectivity index (χ4n) is 1.83. The van der Waals surface area contributed by atoms with Crippen molar-refractivity contribution in [1.29, 1.82) is 10.9 Å². The SMILES string of the molecule is N#[N+]N=c1c(=NN=N)c(=O)c(=O)c2ccc(S(=O)(=O)O)cc12. The first-order valence-electron chi connectivity index (χ1n) is 5.39. The maximum absolute atomic E-state index is 11.9. The van der Waals surface area contributed by atoms with Gasteiger partial charge in [0.2, 0.25) is 5.43 Å². The van der Waals surface area contributed by atoms with Crippen LogP contribution in [0.1, 0.15) is 0 Å². The number of hydrogen-bond acceptors (Lipinski definition) is 8. The van der Waals surface area contributed by atoms with Crippen LogP contribution in [0.5, 0.6) is 0 Å². The van der Waals surface area contributed by atoms with Gasteiger partial charge < -0.3 is 0 Å². The number of nitrogens with one attached hydrogen (secondary N) is 1. The van der Waals surface area contributed by atoms with Gasteiger partial charge in [-0.3, -0.25) is 14.1 Å². The molecule has 2 rings (SSSR count). The molecule has 0 bridgehead atoms. The summed E-state index contributed by atoms with van der Waals surface area (Å²) < 4.78 is 31.3. The van der Waals surface area contributed by atoms with Gasteiger partial charge in [0, 0.05) is 10.8 Å². The van der Waals surface area contributed by atoms with E-state index in [1.165, 1.54) is 0 Å². The number of hydrogen-bond donors (Lipinski definition) is 2. The van der Waals surface area contributed by atoms with Crippen LogP contribution in [0, 0.1) is 10.9 Å². The molecule has 0 unspecified atom stereocenters. The van der Waals surface area contributed by atoms with E-state index >= 15 is 0 Å². The third-order valence-corrected chi connectivity index (χ3v) is 3.58. The fraction of sp³-hybridized carbons (Fsp3) is 0. The fourth-order valence-corrected chi connectivity index (χ4v) is 2.34. The molecule has 11 nitrogen and oxygen atoms in total. The van der Waals surface area contributed by atoms with E-state index in [0.29, 0.717) is 0 Å². The molecule has 0 atom stereocenters. The van der Waals surface area contributed by atoms with E-state index in [-0.39, 0.29) is 10.8 Å². The highest BCUT2D eigenvalue weighted by atomic mass is 32.2. The standard InChI is InChI=1S/C10H4N6O5S/c11-15-13-7-6-3-4(22(19,20)21)1-2-5(6)9(17)10(18)8(7)14-16-12/h1-3,12H/p+1. The first kappa shape index (κ1) is 15.2. The second kappa shape index (κ2) is 5.31. The summed E-state index contributed by atoms with van der Waals surface area (Å²) in [6.45, 7) is 0. The van der Waals surface area contributed by atoms with Crippen LogP contribution in [-0.4, -0.2) is 13.0 Å². The molecule has 2 aromatic carbocycles. The molecule has 0 saturated carbocycles. The van der Waals surface area contributed by atoms with E-state index in [2.05, 4.69) is 20.5 Å². The predicted molar refractivity (Wildman–Crippen MR) is 70.0 cm³/mol. The van der Waals surface area contributed by atoms with Crippen LogP contribution in [0.3, 0.4) is 0 Å². The van der Waals surface area contributed by atoms with Gasteiger partial charge in [-0.2, -0.15) is 13.9 Å². The molecule has 0 saturated heterocycles. The van der Waals surface area contributed by atoms with E-state index in [0.717, 1.165) is 18.2 Å². The van der Waals surface area contributed by atoms with Gasteiger partial charge in [0.1, 0.15) is 0 Å². The van der Waals surface area contributed by atoms with Crippen molar-refractivity contribution >= 4 is 20.9 Å². The molecule has 110 valence electrons. The lowest BCUT2D eigenvalue weighted by Gasteiger charge is -1.99. The molecule has 12 heteroatoms. The minimum atomic E-state index is -4.58. The van der Waals surface area contributed by atoms with E-state index in [1.54, 1.807) is 0 Å². The van der Waals surface area contributed by atoms with Gasteiger partial charge in [-0.05, 0) is 18.2 Å². The van der Waals surface area contributed by atoms with Gasteiger partial charge in [0.25, 0.3) is 20.9 Å². The van der Waals surface area contributed by atoms with E-state index in [9.17, 15) is 18.0 Å². The van der Waals surface area contributed by atoms with Crippen LogP contribution in [-0.2, 0) is 10.1 Å². The maximum Gasteiger partial charge on any atom is 0.339 e. The Kier molecular flexibility index (Phi) is 3.68. The van der Waals surface area contributed by atoms with Crippen LogP contribution in [0.15, 0.2) is 48.1 Å². The normalized spacial score (nSPS) is 13.3. The zero-order valence-corrected chi connectivity index (χ0v) is 11.3. The lowest BCUT2D eigenvalue weighted by Crippen LogP contribution is -2.47. The van der Waals surface area contributed by atoms with E-state index < -0.39 is 36.6 Å². The molecule has 0 aliphatic heterocycles. The topological polar surface area (TPSA) is 178 Å². The van der Waals surface area contributed by atoms with Gasteiger partial charge in [-0.25, -0.2) is 0 Å². The predicted octanol–water partition coefficient (Wildman–Crippen LogP) is -0.802. The summed E-state index contributed by atoms with van der Waals surface area (Å²) in [5.41, 5.74) is 4.45. The summed E-state index contributed by atoms with van der Waals surface area (Å²) in [4.78, 5) is 23.2. The molecule has 0 amide bonds. The average molecular weight is 321 g/mol. The summed E-state index contributed by atoms with van der Waals surface area (Å²) in [6, 6.07) is 2.78. The summed E-state index contributed by atoms with van der Waals surface area (Å²) in [7, 11) is -4.58. The molecule has 0 aliphatic rings. The third-order valence-electron chi connectivity index (χ3n) is 2.73. The average Bonchev–Trinajstić information content (AvgIpc) is 2.47. The molecule has 22 heavy (non-hydrogen) atoms. The van der Waals surface area contributed by atoms with Crippen molar-refractivity contribution in [3.8, 4) is 0 Å². The first-order valence-corrected chi connectivity index (χ1v) is 6.83. The van der Waals surface area contributed by atoms with Crippen molar-refractivity contribution in [3.63, 3.8) is 0 Å². The molecule has 0 radical (unpaired) electrons. The largest absolute Gasteiger partial charge is 0.339 e. The van der Waals surface area contributed by atoms with Gasteiger partial charge >= 0.3 is 5.08 Å². The molecule has 2 aromatic rings. The monoisotopic (exact) mass is 321 g/mol. The third kappa shape index (κ3) is 2.41. The number of nitrogens with zero attached hydrogens (tertiary/aromatic N) is 5. The molecular weight excluding hydrogens is 316 g/mol. The molecule has 0 heterocycles. The van der Waals surface area contributed by atoms with Gasteiger partial charge in [0.15, 0.2) is 15.8 Å². The highest BCUT2D eigenvalue weighted by Gasteiger charge is 2.17. The maximum atomic E-state index is 11.9. The van der Waals surface area contributed by atoms with Gasteiger partial charge in [0.05, 0.1) is 4.90 Å². The second-order valence-corrected chi connectivity index (χ2v) is 5.35. The molecular formula is C10H5N6O5S+. The van der Waals surface area contributed by atoms with Crippen LogP contribution in [0.25, 0.3) is 15.9 Å². The second-order valence-electron chi connectivity index (χ2n) is 3.93. The molecule has 2 N–H and O–H groups in total. The quantitative estimate of drug-likeness (QED) is 0.240. The molecule has 0 fully saturated rings. The molecule has 0 aliphatic carbocycles. The van der Waals surface area contributed by atoms with Crippen molar-refractivity contribution in [2.45, 2.75) is 4.90 Å². The Morgan fingerprint density at radius 1 is 1.14 bits per heavy atom. The summed E-state index contributed by atoms with van der Waals surface area (Å²) >= 11 is 0. The lowest BCUT2D eigenvalue weighted by molar-refractivity contribution is 0.483. The summed E-state index contributed by atoms with van der Waals surface area (Å²) in [5.74, 6) is 0. The summed E-state index contributed by atoms with van der Waals surface area (Å²) in [6.07, 6.45) is 0. The van der Waals surface area contributed by atoms with Crippen molar-refractivity contribution in [1.82, 2.24) is 0 Å². The highest BCUT2D eigenvalue weighted by molar-refractivity contribution is 7.85. The zero-order chi connectivity index (χ0) is 16.5. The molecule has 0 spiro atoms. The van der Waals surface area contributed by atoms with Crippen LogP contribution in [0.2, 0.25) is 0 Å². The number of fused-ring (bicyclic) bond motifs is 1. The minimum absolute atomic E-state index is 0.208. The minimum Gasteiger partial charge on any atom is -0.285 e. The number of benzene rings is 2. The van der Waals surface area contributed by atoms with Crippen molar-refractivity contribution < 1.29 is 13.0 Å². The smallest absolute Gasteiger partial charge is 0.285 e. The first-order chi connectivity index (χ1) is 10.3. The van der Waals surface area contributed by atoms with E-state index in [4.69, 9.17) is 15.5 Å². The van der Waals surface area contributed by atoms with Crippen LogP contribution >= 0.6 is 0 Å². The van der Waals surface area contributed by atoms with Gasteiger partial charge in [-0.1, -0.05) is 5.22 Å². The van der Waals surface area contributed by atoms with Crippen molar-refractivity contribution in [2.75, 3.05) is 0 Å². The number of rotatable bonds is 2. The Bertz CT molecular complexity index is 1170. The Labute approximate surface area is 120 Å². The van der Waals surface area contributed by atoms with Crippen molar-refractivity contribution in [2.24, 2.45) is 15.4 Å². The van der Waals surface area contributed by atoms with Crippen molar-refractivity contribution in [3.05, 3.63) is 54.4 Å². The van der Waals surface area contributed by atoms with Crippen LogP contribution in [0.4, 0.5) is 0 Å². The van der Waals surface area contributed by atoms with E-state index in [1.807, 2.05) is 0 Å². The Hall–Kier alpha value is -3.17. The highest BCUT2D eigenvalue weighted by Crippen LogP contribution is 2.12. The molecule has 0 aromatic heterocycles. The Balaban J connectivity index is 3.29. The Morgan fingerprint density at radius 2 is 1.82 bits per heavy atom. The summed E-state index contributed by atoms with van der Waals surface area (Å²) in [5, 5.41) is 18.4. The lowest BCUT2D eigenvalue weighted by atomic mass is 10.1. The van der Waals surface area contributed by atoms with Crippen LogP contribution < -0.4 is 21.6 Å². The number of diazo groups is 1. The zero-order valence-electron chi connectivity index (χ0n) is 10.5.